The van der Waals surface area contributed by atoms with Crippen LogP contribution in [0.5, 0.6) is 0 Å². The van der Waals surface area contributed by atoms with Crippen molar-refractivity contribution < 1.29 is 22.4 Å². The number of aromatic nitrogens is 1. The van der Waals surface area contributed by atoms with Gasteiger partial charge >= 0.3 is 6.18 Å². The third kappa shape index (κ3) is 4.67. The van der Waals surface area contributed by atoms with Crippen molar-refractivity contribution in [2.75, 3.05) is 6.54 Å². The van der Waals surface area contributed by atoms with Gasteiger partial charge in [0.25, 0.3) is 0 Å². The second-order valence-electron chi connectivity index (χ2n) is 6.84. The van der Waals surface area contributed by atoms with Crippen LogP contribution in [-0.4, -0.2) is 17.4 Å². The number of rotatable bonds is 5. The Morgan fingerprint density at radius 1 is 1.10 bits per heavy atom. The summed E-state index contributed by atoms with van der Waals surface area (Å²) in [4.78, 5) is 15.0. The van der Waals surface area contributed by atoms with E-state index in [4.69, 9.17) is 0 Å². The van der Waals surface area contributed by atoms with Crippen LogP contribution in [-0.2, 0) is 17.4 Å². The zero-order chi connectivity index (χ0) is 21.2. The van der Waals surface area contributed by atoms with Crippen LogP contribution in [0.4, 0.5) is 17.6 Å². The summed E-state index contributed by atoms with van der Waals surface area (Å²) in [5.74, 6) is -0.672. The molecule has 2 N–H and O–H groups in total. The lowest BCUT2D eigenvalue weighted by atomic mass is 10.0. The van der Waals surface area contributed by atoms with E-state index in [9.17, 15) is 22.4 Å². The first-order chi connectivity index (χ1) is 13.7. The lowest BCUT2D eigenvalue weighted by Gasteiger charge is -2.06. The highest BCUT2D eigenvalue weighted by Gasteiger charge is 2.29. The third-order valence-corrected chi connectivity index (χ3v) is 4.77. The van der Waals surface area contributed by atoms with E-state index >= 15 is 0 Å². The molecule has 3 aromatic rings. The van der Waals surface area contributed by atoms with Crippen molar-refractivity contribution in [2.24, 2.45) is 0 Å². The minimum atomic E-state index is -4.39. The number of benzene rings is 2. The molecular formula is C22H20F4N2O. The molecule has 0 fully saturated rings. The van der Waals surface area contributed by atoms with E-state index in [1.165, 1.54) is 30.4 Å². The molecule has 3 rings (SSSR count). The van der Waals surface area contributed by atoms with Crippen LogP contribution in [0.2, 0.25) is 0 Å². The predicted octanol–water partition coefficient (Wildman–Crippen LogP) is 5.31. The van der Waals surface area contributed by atoms with E-state index in [0.29, 0.717) is 24.0 Å². The van der Waals surface area contributed by atoms with E-state index in [1.54, 1.807) is 6.07 Å². The number of carbonyl (C=O) groups is 1. The highest BCUT2D eigenvalue weighted by molar-refractivity contribution is 5.92. The molecule has 7 heteroatoms. The largest absolute Gasteiger partial charge is 0.416 e. The summed E-state index contributed by atoms with van der Waals surface area (Å²) in [6, 6.07) is 7.70. The summed E-state index contributed by atoms with van der Waals surface area (Å²) in [7, 11) is 0. The Morgan fingerprint density at radius 2 is 1.79 bits per heavy atom. The zero-order valence-electron chi connectivity index (χ0n) is 16.0. The molecule has 0 saturated heterocycles. The summed E-state index contributed by atoms with van der Waals surface area (Å²) in [6.45, 7) is 4.12. The van der Waals surface area contributed by atoms with Crippen LogP contribution in [0.15, 0.2) is 42.5 Å². The first-order valence-corrected chi connectivity index (χ1v) is 9.06. The molecule has 0 bridgehead atoms. The van der Waals surface area contributed by atoms with E-state index in [0.717, 1.165) is 34.3 Å². The Balaban J connectivity index is 1.61. The van der Waals surface area contributed by atoms with Crippen molar-refractivity contribution in [1.82, 2.24) is 10.3 Å². The normalized spacial score (nSPS) is 12.1. The Bertz CT molecular complexity index is 1060. The molecule has 0 aliphatic heterocycles. The quantitative estimate of drug-likeness (QED) is 0.439. The molecule has 0 saturated carbocycles. The van der Waals surface area contributed by atoms with Crippen LogP contribution in [0, 0.1) is 19.7 Å². The molecule has 1 aromatic heterocycles. The Hall–Kier alpha value is -3.09. The molecule has 0 aliphatic carbocycles. The highest BCUT2D eigenvalue weighted by atomic mass is 19.4. The number of aromatic amines is 1. The molecular weight excluding hydrogens is 384 g/mol. The van der Waals surface area contributed by atoms with Gasteiger partial charge in [-0.1, -0.05) is 18.2 Å². The molecule has 152 valence electrons. The fourth-order valence-electron chi connectivity index (χ4n) is 3.28. The third-order valence-electron chi connectivity index (χ3n) is 4.77. The average Bonchev–Trinajstić information content (AvgIpc) is 3.00. The maximum Gasteiger partial charge on any atom is 0.416 e. The van der Waals surface area contributed by atoms with Gasteiger partial charge in [0.2, 0.25) is 5.91 Å². The van der Waals surface area contributed by atoms with Crippen molar-refractivity contribution in [3.05, 3.63) is 76.2 Å². The lowest BCUT2D eigenvalue weighted by Crippen LogP contribution is -2.23. The van der Waals surface area contributed by atoms with Gasteiger partial charge in [0.05, 0.1) is 11.1 Å². The lowest BCUT2D eigenvalue weighted by molar-refractivity contribution is -0.137. The van der Waals surface area contributed by atoms with Gasteiger partial charge in [-0.3, -0.25) is 4.79 Å². The maximum atomic E-state index is 14.0. The number of aryl methyl sites for hydroxylation is 2. The Labute approximate surface area is 165 Å². The van der Waals surface area contributed by atoms with Crippen molar-refractivity contribution in [1.29, 1.82) is 0 Å². The molecule has 0 spiro atoms. The van der Waals surface area contributed by atoms with Crippen LogP contribution < -0.4 is 5.32 Å². The molecule has 0 atom stereocenters. The molecule has 29 heavy (non-hydrogen) atoms. The monoisotopic (exact) mass is 404 g/mol. The van der Waals surface area contributed by atoms with Gasteiger partial charge < -0.3 is 10.3 Å². The van der Waals surface area contributed by atoms with Crippen LogP contribution in [0.3, 0.4) is 0 Å². The van der Waals surface area contributed by atoms with E-state index < -0.39 is 11.7 Å². The molecule has 1 amide bonds. The second kappa shape index (κ2) is 8.11. The van der Waals surface area contributed by atoms with Crippen LogP contribution in [0.25, 0.3) is 17.0 Å². The van der Waals surface area contributed by atoms with E-state index in [-0.39, 0.29) is 11.7 Å². The summed E-state index contributed by atoms with van der Waals surface area (Å²) in [5, 5.41) is 3.57. The van der Waals surface area contributed by atoms with E-state index in [1.807, 2.05) is 13.8 Å². The highest BCUT2D eigenvalue weighted by Crippen LogP contribution is 2.29. The van der Waals surface area contributed by atoms with Crippen molar-refractivity contribution in [2.45, 2.75) is 26.4 Å². The van der Waals surface area contributed by atoms with Crippen molar-refractivity contribution in [3.63, 3.8) is 0 Å². The molecule has 1 heterocycles. The second-order valence-corrected chi connectivity index (χ2v) is 6.84. The van der Waals surface area contributed by atoms with Crippen LogP contribution >= 0.6 is 0 Å². The SMILES string of the molecule is Cc1[nH]c2c(F)ccc(C)c2c1CCNC(=O)/C=C/c1ccc(C(F)(F)F)cc1. The minimum absolute atomic E-state index is 0.316. The zero-order valence-corrected chi connectivity index (χ0v) is 16.0. The first-order valence-electron chi connectivity index (χ1n) is 9.06. The number of nitrogens with one attached hydrogen (secondary N) is 2. The summed E-state index contributed by atoms with van der Waals surface area (Å²) in [6.07, 6.45) is -1.14. The van der Waals surface area contributed by atoms with Gasteiger partial charge in [-0.05, 0) is 61.2 Å². The van der Waals surface area contributed by atoms with Gasteiger partial charge in [-0.2, -0.15) is 13.2 Å². The van der Waals surface area contributed by atoms with Crippen LogP contribution in [0.1, 0.15) is 27.9 Å². The van der Waals surface area contributed by atoms with Gasteiger partial charge in [0.1, 0.15) is 5.82 Å². The molecule has 0 aliphatic rings. The summed E-state index contributed by atoms with van der Waals surface area (Å²) >= 11 is 0. The fourth-order valence-corrected chi connectivity index (χ4v) is 3.28. The number of halogens is 4. The number of hydrogen-bond acceptors (Lipinski definition) is 1. The average molecular weight is 404 g/mol. The number of carbonyl (C=O) groups excluding carboxylic acids is 1. The number of amides is 1. The summed E-state index contributed by atoms with van der Waals surface area (Å²) in [5.41, 5.74) is 2.97. The maximum absolute atomic E-state index is 14.0. The van der Waals surface area contributed by atoms with Gasteiger partial charge in [-0.25, -0.2) is 4.39 Å². The molecule has 2 aromatic carbocycles. The minimum Gasteiger partial charge on any atom is -0.356 e. The van der Waals surface area contributed by atoms with Crippen molar-refractivity contribution >= 4 is 22.9 Å². The topological polar surface area (TPSA) is 44.9 Å². The Kier molecular flexibility index (Phi) is 5.77. The number of hydrogen-bond donors (Lipinski definition) is 2. The van der Waals surface area contributed by atoms with Gasteiger partial charge in [0, 0.05) is 23.7 Å². The molecule has 0 unspecified atom stereocenters. The molecule has 0 radical (unpaired) electrons. The Morgan fingerprint density at radius 3 is 2.45 bits per heavy atom. The number of fused-ring (bicyclic) bond motifs is 1. The van der Waals surface area contributed by atoms with Gasteiger partial charge in [0.15, 0.2) is 0 Å². The standard InChI is InChI=1S/C22H20F4N2O/c1-13-3-9-18(23)21-20(13)17(14(2)28-21)11-12-27-19(29)10-6-15-4-7-16(8-5-15)22(24,25)26/h3-10,28H,11-12H2,1-2H3,(H,27,29)/b10-6+. The number of H-pyrrole nitrogens is 1. The van der Waals surface area contributed by atoms with Crippen molar-refractivity contribution in [3.8, 4) is 0 Å². The van der Waals surface area contributed by atoms with E-state index in [2.05, 4.69) is 10.3 Å². The fraction of sp³-hybridized carbons (Fsp3) is 0.227. The summed E-state index contributed by atoms with van der Waals surface area (Å²) < 4.78 is 51.7. The predicted molar refractivity (Wildman–Crippen MR) is 105 cm³/mol. The van der Waals surface area contributed by atoms with Gasteiger partial charge in [-0.15, -0.1) is 0 Å². The first kappa shape index (κ1) is 20.6. The number of alkyl halides is 3. The molecule has 3 nitrogen and oxygen atoms in total. The smallest absolute Gasteiger partial charge is 0.356 e.